The number of fused-ring (bicyclic) bond motifs is 4. The van der Waals surface area contributed by atoms with E-state index in [0.29, 0.717) is 24.8 Å². The second-order valence-electron chi connectivity index (χ2n) is 9.12. The van der Waals surface area contributed by atoms with Crippen molar-refractivity contribution in [2.45, 2.75) is 31.3 Å². The summed E-state index contributed by atoms with van der Waals surface area (Å²) in [6.07, 6.45) is 2.92. The lowest BCUT2D eigenvalue weighted by atomic mass is 9.91. The Hall–Kier alpha value is -2.55. The molecule has 0 unspecified atom stereocenters. The van der Waals surface area contributed by atoms with Gasteiger partial charge in [-0.1, -0.05) is 18.2 Å². The molecule has 1 aliphatic heterocycles. The summed E-state index contributed by atoms with van der Waals surface area (Å²) in [6, 6.07) is 8.82. The Morgan fingerprint density at radius 3 is 2.97 bits per heavy atom. The van der Waals surface area contributed by atoms with Gasteiger partial charge in [-0.15, -0.1) is 0 Å². The fraction of sp³-hybridized carbons (Fsp3) is 0.500. The predicted molar refractivity (Wildman–Crippen MR) is 132 cm³/mol. The third-order valence-electron chi connectivity index (χ3n) is 6.54. The number of ether oxygens (including phenoxy) is 2. The minimum absolute atomic E-state index is 0.0738. The van der Waals surface area contributed by atoms with E-state index in [2.05, 4.69) is 68.4 Å². The number of aromatic amines is 1. The summed E-state index contributed by atoms with van der Waals surface area (Å²) in [6.45, 7) is 2.76. The van der Waals surface area contributed by atoms with Crippen molar-refractivity contribution in [3.63, 3.8) is 0 Å². The molecule has 0 spiro atoms. The standard InChI is InChI=1S/C24H31ClN6O2/c1-30(2)10-11-31-16(13-32-3)14-33-21-22(28-24(25)29-23(21)31)26-15-8-9-20-18(12-15)17-6-4-5-7-19(17)27-20/h4-7,15-16,27H,8-14H2,1-3H3,(H,26,28,29)/t15-,16-/m1/s1. The smallest absolute Gasteiger partial charge is 0.226 e. The van der Waals surface area contributed by atoms with Gasteiger partial charge in [0.1, 0.15) is 6.61 Å². The van der Waals surface area contributed by atoms with Crippen molar-refractivity contribution in [3.8, 4) is 5.75 Å². The molecule has 33 heavy (non-hydrogen) atoms. The molecule has 2 N–H and O–H groups in total. The molecule has 5 rings (SSSR count). The molecule has 0 amide bonds. The summed E-state index contributed by atoms with van der Waals surface area (Å²) >= 11 is 6.40. The van der Waals surface area contributed by atoms with E-state index in [9.17, 15) is 0 Å². The van der Waals surface area contributed by atoms with Crippen LogP contribution in [0.4, 0.5) is 11.6 Å². The number of methoxy groups -OCH3 is 1. The number of likely N-dealkylation sites (N-methyl/N-ethyl adjacent to an activating group) is 1. The van der Waals surface area contributed by atoms with E-state index in [0.717, 1.165) is 38.2 Å². The average Bonchev–Trinajstić information content (AvgIpc) is 3.16. The molecule has 8 nitrogen and oxygen atoms in total. The topological polar surface area (TPSA) is 78.5 Å². The number of para-hydroxylation sites is 1. The first-order chi connectivity index (χ1) is 16.0. The van der Waals surface area contributed by atoms with Crippen LogP contribution in [-0.4, -0.2) is 79.4 Å². The van der Waals surface area contributed by atoms with Crippen LogP contribution in [0.25, 0.3) is 10.9 Å². The molecule has 2 aromatic heterocycles. The molecule has 0 bridgehead atoms. The van der Waals surface area contributed by atoms with Gasteiger partial charge in [-0.25, -0.2) is 0 Å². The molecule has 3 heterocycles. The minimum Gasteiger partial charge on any atom is -0.484 e. The maximum Gasteiger partial charge on any atom is 0.226 e. The van der Waals surface area contributed by atoms with Gasteiger partial charge in [0.25, 0.3) is 0 Å². The first-order valence-electron chi connectivity index (χ1n) is 11.5. The monoisotopic (exact) mass is 470 g/mol. The Morgan fingerprint density at radius 1 is 1.30 bits per heavy atom. The van der Waals surface area contributed by atoms with Gasteiger partial charge in [0.05, 0.1) is 12.6 Å². The third kappa shape index (κ3) is 4.47. The Kier molecular flexibility index (Phi) is 6.32. The Labute approximate surface area is 199 Å². The van der Waals surface area contributed by atoms with Crippen molar-refractivity contribution in [1.82, 2.24) is 19.9 Å². The zero-order valence-electron chi connectivity index (χ0n) is 19.4. The van der Waals surface area contributed by atoms with Crippen LogP contribution in [0.3, 0.4) is 0 Å². The molecular formula is C24H31ClN6O2. The number of nitrogens with zero attached hydrogens (tertiary/aromatic N) is 4. The molecule has 1 aromatic carbocycles. The highest BCUT2D eigenvalue weighted by atomic mass is 35.5. The lowest BCUT2D eigenvalue weighted by Crippen LogP contribution is -2.49. The van der Waals surface area contributed by atoms with Gasteiger partial charge in [-0.2, -0.15) is 9.97 Å². The molecule has 0 radical (unpaired) electrons. The molecule has 2 atom stereocenters. The molecule has 0 fully saturated rings. The number of H-pyrrole nitrogens is 1. The molecule has 9 heteroatoms. The molecule has 2 aliphatic rings. The second kappa shape index (κ2) is 9.37. The van der Waals surface area contributed by atoms with Crippen LogP contribution in [0.1, 0.15) is 17.7 Å². The highest BCUT2D eigenvalue weighted by molar-refractivity contribution is 6.28. The number of hydrogen-bond acceptors (Lipinski definition) is 7. The van der Waals surface area contributed by atoms with E-state index in [4.69, 9.17) is 21.1 Å². The number of aryl methyl sites for hydroxylation is 1. The summed E-state index contributed by atoms with van der Waals surface area (Å²) in [4.78, 5) is 17.1. The number of anilines is 2. The van der Waals surface area contributed by atoms with Crippen LogP contribution in [0, 0.1) is 0 Å². The van der Waals surface area contributed by atoms with E-state index >= 15 is 0 Å². The van der Waals surface area contributed by atoms with Crippen LogP contribution in [0.5, 0.6) is 5.75 Å². The normalized spacial score (nSPS) is 20.0. The van der Waals surface area contributed by atoms with Crippen molar-refractivity contribution < 1.29 is 9.47 Å². The maximum atomic E-state index is 6.40. The Balaban J connectivity index is 1.42. The van der Waals surface area contributed by atoms with Gasteiger partial charge >= 0.3 is 0 Å². The zero-order chi connectivity index (χ0) is 22.9. The molecule has 0 saturated heterocycles. The molecule has 1 aliphatic carbocycles. The highest BCUT2D eigenvalue weighted by Crippen LogP contribution is 2.40. The number of aromatic nitrogens is 3. The lowest BCUT2D eigenvalue weighted by molar-refractivity contribution is 0.139. The van der Waals surface area contributed by atoms with Crippen LogP contribution in [-0.2, 0) is 17.6 Å². The summed E-state index contributed by atoms with van der Waals surface area (Å²) in [5, 5.41) is 5.15. The van der Waals surface area contributed by atoms with Gasteiger partial charge < -0.3 is 29.6 Å². The highest BCUT2D eigenvalue weighted by Gasteiger charge is 2.33. The van der Waals surface area contributed by atoms with Crippen LogP contribution >= 0.6 is 11.6 Å². The van der Waals surface area contributed by atoms with Gasteiger partial charge in [0.2, 0.25) is 11.0 Å². The zero-order valence-corrected chi connectivity index (χ0v) is 20.2. The number of halogens is 1. The summed E-state index contributed by atoms with van der Waals surface area (Å²) in [7, 11) is 5.84. The van der Waals surface area contributed by atoms with Gasteiger partial charge in [0.15, 0.2) is 11.6 Å². The van der Waals surface area contributed by atoms with E-state index in [1.807, 2.05) is 0 Å². The van der Waals surface area contributed by atoms with E-state index < -0.39 is 0 Å². The first kappa shape index (κ1) is 22.3. The fourth-order valence-corrected chi connectivity index (χ4v) is 5.06. The lowest BCUT2D eigenvalue weighted by Gasteiger charge is -2.38. The summed E-state index contributed by atoms with van der Waals surface area (Å²) < 4.78 is 11.6. The van der Waals surface area contributed by atoms with Crippen LogP contribution < -0.4 is 15.0 Å². The summed E-state index contributed by atoms with van der Waals surface area (Å²) in [5.74, 6) is 2.08. The first-order valence-corrected chi connectivity index (χ1v) is 11.9. The van der Waals surface area contributed by atoms with Crippen molar-refractivity contribution in [2.75, 3.05) is 57.7 Å². The Bertz CT molecular complexity index is 1130. The second-order valence-corrected chi connectivity index (χ2v) is 9.46. The van der Waals surface area contributed by atoms with Crippen LogP contribution in [0.15, 0.2) is 24.3 Å². The quantitative estimate of drug-likeness (QED) is 0.512. The number of nitrogens with one attached hydrogen (secondary N) is 2. The molecule has 176 valence electrons. The number of hydrogen-bond donors (Lipinski definition) is 2. The fourth-order valence-electron chi connectivity index (χ4n) is 4.89. The maximum absolute atomic E-state index is 6.40. The predicted octanol–water partition coefficient (Wildman–Crippen LogP) is 3.36. The summed E-state index contributed by atoms with van der Waals surface area (Å²) in [5.41, 5.74) is 3.93. The number of benzene rings is 1. The van der Waals surface area contributed by atoms with Gasteiger partial charge in [0, 0.05) is 42.8 Å². The van der Waals surface area contributed by atoms with Crippen LogP contribution in [0.2, 0.25) is 5.28 Å². The average molecular weight is 471 g/mol. The van der Waals surface area contributed by atoms with E-state index in [1.165, 1.54) is 22.2 Å². The van der Waals surface area contributed by atoms with Crippen molar-refractivity contribution >= 4 is 34.1 Å². The Morgan fingerprint density at radius 2 is 2.15 bits per heavy atom. The van der Waals surface area contributed by atoms with Crippen molar-refractivity contribution in [3.05, 3.63) is 40.8 Å². The van der Waals surface area contributed by atoms with E-state index in [1.54, 1.807) is 7.11 Å². The third-order valence-corrected chi connectivity index (χ3v) is 6.71. The largest absolute Gasteiger partial charge is 0.484 e. The molecular weight excluding hydrogens is 440 g/mol. The van der Waals surface area contributed by atoms with E-state index in [-0.39, 0.29) is 17.4 Å². The van der Waals surface area contributed by atoms with Crippen molar-refractivity contribution in [2.24, 2.45) is 0 Å². The van der Waals surface area contributed by atoms with Gasteiger partial charge in [-0.05, 0) is 56.6 Å². The van der Waals surface area contributed by atoms with Gasteiger partial charge in [-0.3, -0.25) is 0 Å². The molecule has 3 aromatic rings. The molecule has 0 saturated carbocycles. The number of rotatable bonds is 7. The minimum atomic E-state index is 0.0738. The SMILES string of the molecule is COC[C@@H]1COc2c(N[C@@H]3CCc4[nH]c5ccccc5c4C3)nc(Cl)nc2N1CCN(C)C. The van der Waals surface area contributed by atoms with Crippen molar-refractivity contribution in [1.29, 1.82) is 0 Å².